The van der Waals surface area contributed by atoms with E-state index in [2.05, 4.69) is 42.1 Å². The molecular formula is C21H29Cl2N5OS. The first kappa shape index (κ1) is 23.3. The summed E-state index contributed by atoms with van der Waals surface area (Å²) in [6, 6.07) is 6.26. The summed E-state index contributed by atoms with van der Waals surface area (Å²) in [6.07, 6.45) is 5.84. The SMILES string of the molecule is Cl.Cl.O=C(c1ccc(N2CCCC2)nn1)N(Cc1ccsc1)C1CC12CCNCC2. The Bertz CT molecular complexity index is 820. The number of nitrogens with one attached hydrogen (secondary N) is 1. The van der Waals surface area contributed by atoms with Gasteiger partial charge in [-0.25, -0.2) is 0 Å². The maximum Gasteiger partial charge on any atom is 0.274 e. The van der Waals surface area contributed by atoms with Crippen molar-refractivity contribution in [3.63, 3.8) is 0 Å². The average Bonchev–Trinajstić information content (AvgIpc) is 3.18. The number of amides is 1. The summed E-state index contributed by atoms with van der Waals surface area (Å²) in [5, 5.41) is 16.4. The highest BCUT2D eigenvalue weighted by atomic mass is 35.5. The molecule has 1 spiro atoms. The molecule has 2 aromatic heterocycles. The molecule has 0 radical (unpaired) electrons. The highest BCUT2D eigenvalue weighted by Crippen LogP contribution is 2.56. The number of piperidine rings is 1. The third kappa shape index (κ3) is 4.59. The lowest BCUT2D eigenvalue weighted by molar-refractivity contribution is 0.0685. The second-order valence-corrected chi connectivity index (χ2v) is 9.15. The van der Waals surface area contributed by atoms with Crippen molar-refractivity contribution in [2.24, 2.45) is 5.41 Å². The van der Waals surface area contributed by atoms with Gasteiger partial charge in [0.05, 0.1) is 0 Å². The van der Waals surface area contributed by atoms with Crippen LogP contribution in [0.4, 0.5) is 5.82 Å². The van der Waals surface area contributed by atoms with Gasteiger partial charge >= 0.3 is 0 Å². The minimum atomic E-state index is 0. The number of anilines is 1. The molecular weight excluding hydrogens is 441 g/mol. The molecule has 2 aliphatic heterocycles. The molecule has 164 valence electrons. The number of rotatable bonds is 5. The third-order valence-corrected chi connectivity index (χ3v) is 7.35. The van der Waals surface area contributed by atoms with Crippen molar-refractivity contribution in [1.82, 2.24) is 20.4 Å². The van der Waals surface area contributed by atoms with Crippen LogP contribution in [0.25, 0.3) is 0 Å². The quantitative estimate of drug-likeness (QED) is 0.721. The largest absolute Gasteiger partial charge is 0.355 e. The summed E-state index contributed by atoms with van der Waals surface area (Å²) in [5.74, 6) is 0.909. The predicted octanol–water partition coefficient (Wildman–Crippen LogP) is 3.77. The van der Waals surface area contributed by atoms with E-state index in [1.54, 1.807) is 11.3 Å². The van der Waals surface area contributed by atoms with Gasteiger partial charge in [0.2, 0.25) is 0 Å². The van der Waals surface area contributed by atoms with Gasteiger partial charge in [-0.05, 0) is 85.1 Å². The van der Waals surface area contributed by atoms with Gasteiger partial charge in [0.25, 0.3) is 5.91 Å². The highest BCUT2D eigenvalue weighted by Gasteiger charge is 2.57. The van der Waals surface area contributed by atoms with Crippen molar-refractivity contribution < 1.29 is 4.79 Å². The van der Waals surface area contributed by atoms with Crippen LogP contribution in [0.3, 0.4) is 0 Å². The zero-order valence-electron chi connectivity index (χ0n) is 17.0. The van der Waals surface area contributed by atoms with Gasteiger partial charge in [-0.3, -0.25) is 4.79 Å². The van der Waals surface area contributed by atoms with Gasteiger partial charge < -0.3 is 15.1 Å². The summed E-state index contributed by atoms with van der Waals surface area (Å²) in [5.41, 5.74) is 1.98. The van der Waals surface area contributed by atoms with Gasteiger partial charge in [0.15, 0.2) is 11.5 Å². The molecule has 1 amide bonds. The monoisotopic (exact) mass is 469 g/mol. The van der Waals surface area contributed by atoms with Crippen molar-refractivity contribution in [1.29, 1.82) is 0 Å². The van der Waals surface area contributed by atoms with Crippen LogP contribution in [0.1, 0.15) is 48.2 Å². The average molecular weight is 470 g/mol. The van der Waals surface area contributed by atoms with E-state index in [0.29, 0.717) is 23.7 Å². The van der Waals surface area contributed by atoms with E-state index in [1.165, 1.54) is 18.4 Å². The lowest BCUT2D eigenvalue weighted by atomic mass is 9.93. The molecule has 3 fully saturated rings. The Morgan fingerprint density at radius 1 is 1.17 bits per heavy atom. The molecule has 3 aliphatic rings. The van der Waals surface area contributed by atoms with Crippen LogP contribution >= 0.6 is 36.2 Å². The second kappa shape index (κ2) is 9.81. The maximum atomic E-state index is 13.4. The van der Waals surface area contributed by atoms with E-state index < -0.39 is 0 Å². The topological polar surface area (TPSA) is 61.4 Å². The lowest BCUT2D eigenvalue weighted by Crippen LogP contribution is -2.39. The molecule has 1 atom stereocenters. The summed E-state index contributed by atoms with van der Waals surface area (Å²) in [6.45, 7) is 4.84. The Morgan fingerprint density at radius 2 is 1.93 bits per heavy atom. The fourth-order valence-electron chi connectivity index (χ4n) is 4.83. The normalized spacial score (nSPS) is 21.6. The number of carbonyl (C=O) groups is 1. The Morgan fingerprint density at radius 3 is 2.57 bits per heavy atom. The first-order valence-electron chi connectivity index (χ1n) is 10.4. The Labute approximate surface area is 194 Å². The molecule has 9 heteroatoms. The molecule has 0 aromatic carbocycles. The van der Waals surface area contributed by atoms with Crippen LogP contribution in [0.5, 0.6) is 0 Å². The number of thiophene rings is 1. The van der Waals surface area contributed by atoms with E-state index in [-0.39, 0.29) is 30.7 Å². The van der Waals surface area contributed by atoms with Crippen molar-refractivity contribution in [3.8, 4) is 0 Å². The Balaban J connectivity index is 0.00000128. The van der Waals surface area contributed by atoms with Gasteiger partial charge in [0, 0.05) is 25.7 Å². The number of halogens is 2. The molecule has 1 saturated carbocycles. The van der Waals surface area contributed by atoms with Crippen LogP contribution in [0.2, 0.25) is 0 Å². The van der Waals surface area contributed by atoms with Gasteiger partial charge in [-0.15, -0.1) is 35.0 Å². The van der Waals surface area contributed by atoms with Crippen molar-refractivity contribution >= 4 is 47.9 Å². The Hall–Kier alpha value is -1.41. The molecule has 5 rings (SSSR count). The molecule has 4 heterocycles. The van der Waals surface area contributed by atoms with Crippen LogP contribution < -0.4 is 10.2 Å². The van der Waals surface area contributed by atoms with E-state index >= 15 is 0 Å². The first-order valence-corrected chi connectivity index (χ1v) is 11.3. The minimum Gasteiger partial charge on any atom is -0.355 e. The zero-order chi connectivity index (χ0) is 19.0. The second-order valence-electron chi connectivity index (χ2n) is 8.37. The fourth-order valence-corrected chi connectivity index (χ4v) is 5.49. The minimum absolute atomic E-state index is 0. The van der Waals surface area contributed by atoms with Crippen LogP contribution in [0.15, 0.2) is 29.0 Å². The maximum absolute atomic E-state index is 13.4. The number of hydrogen-bond acceptors (Lipinski definition) is 6. The third-order valence-electron chi connectivity index (χ3n) is 6.62. The number of aromatic nitrogens is 2. The molecule has 2 aromatic rings. The molecule has 30 heavy (non-hydrogen) atoms. The van der Waals surface area contributed by atoms with Crippen LogP contribution in [-0.2, 0) is 6.54 Å². The van der Waals surface area contributed by atoms with Crippen LogP contribution in [0, 0.1) is 5.41 Å². The van der Waals surface area contributed by atoms with E-state index in [1.807, 2.05) is 12.1 Å². The van der Waals surface area contributed by atoms with E-state index in [4.69, 9.17) is 0 Å². The van der Waals surface area contributed by atoms with Crippen molar-refractivity contribution in [2.75, 3.05) is 31.1 Å². The molecule has 1 N–H and O–H groups in total. The summed E-state index contributed by atoms with van der Waals surface area (Å²) in [4.78, 5) is 17.7. The summed E-state index contributed by atoms with van der Waals surface area (Å²) >= 11 is 1.68. The van der Waals surface area contributed by atoms with E-state index in [9.17, 15) is 4.79 Å². The summed E-state index contributed by atoms with van der Waals surface area (Å²) in [7, 11) is 0. The summed E-state index contributed by atoms with van der Waals surface area (Å²) < 4.78 is 0. The van der Waals surface area contributed by atoms with Crippen molar-refractivity contribution in [3.05, 3.63) is 40.2 Å². The standard InChI is InChI=1S/C21H27N5OS.2ClH/c27-20(17-3-4-19(24-23-17)25-10-1-2-11-25)26(14-16-5-12-28-15-16)18-13-21(18)6-8-22-9-7-21;;/h3-5,12,15,18,22H,1-2,6-11,13-14H2;2*1H. The van der Waals surface area contributed by atoms with Gasteiger partial charge in [0.1, 0.15) is 0 Å². The highest BCUT2D eigenvalue weighted by molar-refractivity contribution is 7.07. The zero-order valence-corrected chi connectivity index (χ0v) is 19.4. The first-order chi connectivity index (χ1) is 13.8. The van der Waals surface area contributed by atoms with Crippen LogP contribution in [-0.4, -0.2) is 53.2 Å². The van der Waals surface area contributed by atoms with Gasteiger partial charge in [-0.1, -0.05) is 0 Å². The fraction of sp³-hybridized carbons (Fsp3) is 0.571. The molecule has 6 nitrogen and oxygen atoms in total. The molecule has 1 unspecified atom stereocenters. The Kier molecular flexibility index (Phi) is 7.61. The number of nitrogens with zero attached hydrogens (tertiary/aromatic N) is 4. The molecule has 2 saturated heterocycles. The number of carbonyl (C=O) groups excluding carboxylic acids is 1. The number of hydrogen-bond donors (Lipinski definition) is 1. The molecule has 1 aliphatic carbocycles. The van der Waals surface area contributed by atoms with Gasteiger partial charge in [-0.2, -0.15) is 11.3 Å². The van der Waals surface area contributed by atoms with Crippen molar-refractivity contribution in [2.45, 2.75) is 44.7 Å². The predicted molar refractivity (Wildman–Crippen MR) is 125 cm³/mol. The van der Waals surface area contributed by atoms with E-state index in [0.717, 1.165) is 51.3 Å². The lowest BCUT2D eigenvalue weighted by Gasteiger charge is -2.29. The smallest absolute Gasteiger partial charge is 0.274 e. The molecule has 0 bridgehead atoms.